The van der Waals surface area contributed by atoms with Crippen molar-refractivity contribution in [1.82, 2.24) is 9.97 Å². The Morgan fingerprint density at radius 2 is 1.55 bits per heavy atom. The van der Waals surface area contributed by atoms with Gasteiger partial charge < -0.3 is 10.1 Å². The molecule has 1 heterocycles. The van der Waals surface area contributed by atoms with Gasteiger partial charge in [0.2, 0.25) is 5.88 Å². The lowest BCUT2D eigenvalue weighted by atomic mass is 10.0. The third-order valence-electron chi connectivity index (χ3n) is 4.33. The number of rotatable bonds is 6. The van der Waals surface area contributed by atoms with Gasteiger partial charge in [0.05, 0.1) is 16.6 Å². The first-order chi connectivity index (χ1) is 14.2. The van der Waals surface area contributed by atoms with Crippen LogP contribution in [-0.4, -0.2) is 28.3 Å². The third-order valence-corrected chi connectivity index (χ3v) is 4.33. The zero-order valence-corrected chi connectivity index (χ0v) is 15.4. The molecule has 0 aliphatic carbocycles. The van der Waals surface area contributed by atoms with Crippen LogP contribution in [-0.2, 0) is 4.79 Å². The summed E-state index contributed by atoms with van der Waals surface area (Å²) in [7, 11) is 0. The minimum Gasteiger partial charge on any atom is -0.467 e. The fraction of sp³-hybridized carbons (Fsp3) is 0.0435. The van der Waals surface area contributed by atoms with E-state index in [9.17, 15) is 9.59 Å². The maximum absolute atomic E-state index is 12.8. The van der Waals surface area contributed by atoms with Gasteiger partial charge in [0.1, 0.15) is 6.33 Å². The predicted octanol–water partition coefficient (Wildman–Crippen LogP) is 3.88. The molecule has 142 valence electrons. The molecule has 0 saturated carbocycles. The van der Waals surface area contributed by atoms with E-state index < -0.39 is 0 Å². The minimum absolute atomic E-state index is 0.163. The van der Waals surface area contributed by atoms with E-state index in [1.165, 1.54) is 6.33 Å². The molecule has 29 heavy (non-hydrogen) atoms. The molecule has 0 fully saturated rings. The molecular weight excluding hydrogens is 366 g/mol. The molecule has 0 radical (unpaired) electrons. The van der Waals surface area contributed by atoms with Gasteiger partial charge in [0, 0.05) is 11.1 Å². The number of ketones is 1. The van der Waals surface area contributed by atoms with E-state index in [1.807, 2.05) is 30.3 Å². The van der Waals surface area contributed by atoms with E-state index >= 15 is 0 Å². The van der Waals surface area contributed by atoms with Gasteiger partial charge in [-0.3, -0.25) is 9.59 Å². The second-order valence-electron chi connectivity index (χ2n) is 6.27. The number of para-hydroxylation sites is 2. The summed E-state index contributed by atoms with van der Waals surface area (Å²) in [6.07, 6.45) is 1.39. The number of nitrogens with zero attached hydrogens (tertiary/aromatic N) is 2. The number of fused-ring (bicyclic) bond motifs is 1. The summed E-state index contributed by atoms with van der Waals surface area (Å²) in [5, 5.41) is 3.48. The van der Waals surface area contributed by atoms with Crippen LogP contribution in [0, 0.1) is 0 Å². The maximum atomic E-state index is 12.8. The number of carbonyl (C=O) groups is 2. The van der Waals surface area contributed by atoms with Gasteiger partial charge in [-0.15, -0.1) is 0 Å². The average molecular weight is 383 g/mol. The molecule has 0 saturated heterocycles. The predicted molar refractivity (Wildman–Crippen MR) is 110 cm³/mol. The molecule has 6 nitrogen and oxygen atoms in total. The van der Waals surface area contributed by atoms with Crippen molar-refractivity contribution in [3.05, 3.63) is 96.3 Å². The van der Waals surface area contributed by atoms with Gasteiger partial charge in [-0.2, -0.15) is 0 Å². The summed E-state index contributed by atoms with van der Waals surface area (Å²) < 4.78 is 5.59. The number of amides is 1. The first kappa shape index (κ1) is 18.3. The highest BCUT2D eigenvalue weighted by Gasteiger charge is 2.15. The summed E-state index contributed by atoms with van der Waals surface area (Å²) in [5.41, 5.74) is 2.14. The van der Waals surface area contributed by atoms with Crippen LogP contribution in [0.1, 0.15) is 15.9 Å². The van der Waals surface area contributed by atoms with Crippen molar-refractivity contribution in [3.63, 3.8) is 0 Å². The second-order valence-corrected chi connectivity index (χ2v) is 6.27. The van der Waals surface area contributed by atoms with E-state index in [-0.39, 0.29) is 18.3 Å². The van der Waals surface area contributed by atoms with Gasteiger partial charge in [-0.05, 0) is 24.3 Å². The fourth-order valence-corrected chi connectivity index (χ4v) is 2.95. The Morgan fingerprint density at radius 1 is 0.828 bits per heavy atom. The van der Waals surface area contributed by atoms with Crippen molar-refractivity contribution in [2.24, 2.45) is 0 Å². The molecule has 1 N–H and O–H groups in total. The van der Waals surface area contributed by atoms with Crippen LogP contribution in [0.25, 0.3) is 10.9 Å². The zero-order chi connectivity index (χ0) is 20.1. The highest BCUT2D eigenvalue weighted by Crippen LogP contribution is 2.21. The Kier molecular flexibility index (Phi) is 5.25. The van der Waals surface area contributed by atoms with Crippen molar-refractivity contribution in [3.8, 4) is 5.88 Å². The summed E-state index contributed by atoms with van der Waals surface area (Å²) in [6.45, 7) is -0.241. The SMILES string of the molecule is O=C(COc1ncnc2ccccc12)Nc1ccccc1C(=O)c1ccccc1. The molecule has 0 atom stereocenters. The smallest absolute Gasteiger partial charge is 0.262 e. The van der Waals surface area contributed by atoms with Crippen molar-refractivity contribution in [2.45, 2.75) is 0 Å². The Bertz CT molecular complexity index is 1170. The molecule has 0 spiro atoms. The quantitative estimate of drug-likeness (QED) is 0.511. The molecule has 3 aromatic carbocycles. The van der Waals surface area contributed by atoms with Crippen LogP contribution >= 0.6 is 0 Å². The highest BCUT2D eigenvalue weighted by atomic mass is 16.5. The topological polar surface area (TPSA) is 81.2 Å². The number of ether oxygens (including phenoxy) is 1. The van der Waals surface area contributed by atoms with Crippen molar-refractivity contribution in [1.29, 1.82) is 0 Å². The van der Waals surface area contributed by atoms with Crippen LogP contribution in [0.15, 0.2) is 85.2 Å². The number of hydrogen-bond acceptors (Lipinski definition) is 5. The Hall–Kier alpha value is -4.06. The van der Waals surface area contributed by atoms with Crippen molar-refractivity contribution >= 4 is 28.3 Å². The summed E-state index contributed by atoms with van der Waals surface area (Å²) in [5.74, 6) is -0.218. The highest BCUT2D eigenvalue weighted by molar-refractivity contribution is 6.13. The number of benzene rings is 3. The number of nitrogens with one attached hydrogen (secondary N) is 1. The molecule has 1 aromatic heterocycles. The first-order valence-electron chi connectivity index (χ1n) is 9.03. The van der Waals surface area contributed by atoms with E-state index in [0.717, 1.165) is 10.9 Å². The Labute approximate surface area is 167 Å². The van der Waals surface area contributed by atoms with E-state index in [2.05, 4.69) is 15.3 Å². The normalized spacial score (nSPS) is 10.5. The van der Waals surface area contributed by atoms with Crippen LogP contribution in [0.4, 0.5) is 5.69 Å². The van der Waals surface area contributed by atoms with Crippen LogP contribution in [0.3, 0.4) is 0 Å². The van der Waals surface area contributed by atoms with Crippen molar-refractivity contribution < 1.29 is 14.3 Å². The number of anilines is 1. The minimum atomic E-state index is -0.388. The van der Waals surface area contributed by atoms with Gasteiger partial charge in [-0.25, -0.2) is 9.97 Å². The van der Waals surface area contributed by atoms with Crippen LogP contribution < -0.4 is 10.1 Å². The monoisotopic (exact) mass is 383 g/mol. The molecule has 6 heteroatoms. The van der Waals surface area contributed by atoms with E-state index in [0.29, 0.717) is 22.7 Å². The lowest BCUT2D eigenvalue weighted by Crippen LogP contribution is -2.22. The fourth-order valence-electron chi connectivity index (χ4n) is 2.95. The third kappa shape index (κ3) is 4.11. The molecule has 4 rings (SSSR count). The second kappa shape index (κ2) is 8.31. The van der Waals surface area contributed by atoms with Gasteiger partial charge >= 0.3 is 0 Å². The molecule has 0 bridgehead atoms. The summed E-state index contributed by atoms with van der Waals surface area (Å²) >= 11 is 0. The van der Waals surface area contributed by atoms with Gasteiger partial charge in [0.25, 0.3) is 5.91 Å². The maximum Gasteiger partial charge on any atom is 0.262 e. The number of hydrogen-bond donors (Lipinski definition) is 1. The lowest BCUT2D eigenvalue weighted by Gasteiger charge is -2.11. The molecule has 0 aliphatic heterocycles. The lowest BCUT2D eigenvalue weighted by molar-refractivity contribution is -0.118. The molecular formula is C23H17N3O3. The van der Waals surface area contributed by atoms with Crippen molar-refractivity contribution in [2.75, 3.05) is 11.9 Å². The van der Waals surface area contributed by atoms with E-state index in [1.54, 1.807) is 48.5 Å². The molecule has 0 aliphatic rings. The van der Waals surface area contributed by atoms with Crippen LogP contribution in [0.2, 0.25) is 0 Å². The Morgan fingerprint density at radius 3 is 2.41 bits per heavy atom. The van der Waals surface area contributed by atoms with Gasteiger partial charge in [0.15, 0.2) is 12.4 Å². The van der Waals surface area contributed by atoms with E-state index in [4.69, 9.17) is 4.74 Å². The summed E-state index contributed by atoms with van der Waals surface area (Å²) in [4.78, 5) is 33.5. The molecule has 4 aromatic rings. The van der Waals surface area contributed by atoms with Crippen LogP contribution in [0.5, 0.6) is 5.88 Å². The van der Waals surface area contributed by atoms with Gasteiger partial charge in [-0.1, -0.05) is 54.6 Å². The zero-order valence-electron chi connectivity index (χ0n) is 15.4. The largest absolute Gasteiger partial charge is 0.467 e. The Balaban J connectivity index is 1.48. The first-order valence-corrected chi connectivity index (χ1v) is 9.03. The molecule has 0 unspecified atom stereocenters. The molecule has 1 amide bonds. The number of aromatic nitrogens is 2. The average Bonchev–Trinajstić information content (AvgIpc) is 2.78. The number of carbonyl (C=O) groups excluding carboxylic acids is 2. The standard InChI is InChI=1S/C23H17N3O3/c27-21(14-29-23-18-11-5-6-12-19(18)24-15-25-23)26-20-13-7-4-10-17(20)22(28)16-8-2-1-3-9-16/h1-13,15H,14H2,(H,26,27). The summed E-state index contributed by atoms with van der Waals surface area (Å²) in [6, 6.07) is 23.2.